The van der Waals surface area contributed by atoms with Crippen LogP contribution in [0, 0.1) is 11.2 Å². The summed E-state index contributed by atoms with van der Waals surface area (Å²) in [7, 11) is -3.81. The predicted octanol–water partition coefficient (Wildman–Crippen LogP) is 1.48. The SMILES string of the molecule is CC(C)(CCN)CNS(=O)(=O)c1ccccc1F. The van der Waals surface area contributed by atoms with Crippen LogP contribution in [0.1, 0.15) is 20.3 Å². The lowest BCUT2D eigenvalue weighted by molar-refractivity contribution is 0.340. The normalized spacial score (nSPS) is 12.7. The van der Waals surface area contributed by atoms with Crippen molar-refractivity contribution in [3.63, 3.8) is 0 Å². The third-order valence-electron chi connectivity index (χ3n) is 2.69. The minimum absolute atomic E-state index is 0.223. The zero-order valence-corrected chi connectivity index (χ0v) is 11.4. The molecule has 102 valence electrons. The first-order chi connectivity index (χ1) is 8.28. The molecule has 3 N–H and O–H groups in total. The van der Waals surface area contributed by atoms with Crippen LogP contribution >= 0.6 is 0 Å². The topological polar surface area (TPSA) is 72.2 Å². The number of sulfonamides is 1. The molecule has 0 aliphatic carbocycles. The summed E-state index contributed by atoms with van der Waals surface area (Å²) in [5.74, 6) is -0.748. The minimum Gasteiger partial charge on any atom is -0.330 e. The van der Waals surface area contributed by atoms with Crippen LogP contribution in [-0.4, -0.2) is 21.5 Å². The van der Waals surface area contributed by atoms with E-state index in [2.05, 4.69) is 4.72 Å². The maximum atomic E-state index is 13.4. The van der Waals surface area contributed by atoms with Crippen LogP contribution < -0.4 is 10.5 Å². The Bertz CT molecular complexity index is 501. The van der Waals surface area contributed by atoms with Crippen LogP contribution in [0.2, 0.25) is 0 Å². The van der Waals surface area contributed by atoms with E-state index < -0.39 is 15.8 Å². The van der Waals surface area contributed by atoms with Crippen molar-refractivity contribution in [3.05, 3.63) is 30.1 Å². The van der Waals surface area contributed by atoms with E-state index in [9.17, 15) is 12.8 Å². The molecule has 6 heteroatoms. The first-order valence-corrected chi connectivity index (χ1v) is 7.21. The average Bonchev–Trinajstić information content (AvgIpc) is 2.27. The molecule has 0 spiro atoms. The quantitative estimate of drug-likeness (QED) is 0.825. The van der Waals surface area contributed by atoms with Gasteiger partial charge in [0.05, 0.1) is 0 Å². The summed E-state index contributed by atoms with van der Waals surface area (Å²) in [5, 5.41) is 0. The van der Waals surface area contributed by atoms with Crippen molar-refractivity contribution in [2.24, 2.45) is 11.1 Å². The van der Waals surface area contributed by atoms with Gasteiger partial charge in [-0.25, -0.2) is 17.5 Å². The lowest BCUT2D eigenvalue weighted by Crippen LogP contribution is -2.35. The van der Waals surface area contributed by atoms with Crippen LogP contribution in [0.15, 0.2) is 29.2 Å². The van der Waals surface area contributed by atoms with Gasteiger partial charge in [-0.1, -0.05) is 26.0 Å². The molecular weight excluding hydrogens is 255 g/mol. The molecule has 1 aromatic rings. The van der Waals surface area contributed by atoms with E-state index in [0.717, 1.165) is 6.07 Å². The molecule has 1 aromatic carbocycles. The lowest BCUT2D eigenvalue weighted by Gasteiger charge is -2.24. The van der Waals surface area contributed by atoms with Crippen LogP contribution in [0.25, 0.3) is 0 Å². The number of rotatable bonds is 6. The number of halogens is 1. The Balaban J connectivity index is 2.81. The third kappa shape index (κ3) is 4.04. The molecule has 0 amide bonds. The average molecular weight is 274 g/mol. The highest BCUT2D eigenvalue weighted by molar-refractivity contribution is 7.89. The summed E-state index contributed by atoms with van der Waals surface area (Å²) in [6.45, 7) is 4.52. The molecule has 1 rings (SSSR count). The van der Waals surface area contributed by atoms with Crippen molar-refractivity contribution < 1.29 is 12.8 Å². The zero-order chi connectivity index (χ0) is 13.8. The van der Waals surface area contributed by atoms with Gasteiger partial charge in [0.15, 0.2) is 0 Å². The maximum Gasteiger partial charge on any atom is 0.243 e. The highest BCUT2D eigenvalue weighted by Crippen LogP contribution is 2.20. The van der Waals surface area contributed by atoms with E-state index in [4.69, 9.17) is 5.73 Å². The molecule has 0 saturated heterocycles. The molecule has 0 bridgehead atoms. The van der Waals surface area contributed by atoms with Crippen LogP contribution in [0.5, 0.6) is 0 Å². The van der Waals surface area contributed by atoms with Crippen molar-refractivity contribution in [1.82, 2.24) is 4.72 Å². The Labute approximate surface area is 107 Å². The van der Waals surface area contributed by atoms with Gasteiger partial charge in [0, 0.05) is 6.54 Å². The molecule has 0 saturated carbocycles. The Kier molecular flexibility index (Phi) is 4.84. The van der Waals surface area contributed by atoms with Gasteiger partial charge in [-0.2, -0.15) is 0 Å². The van der Waals surface area contributed by atoms with Gasteiger partial charge in [-0.05, 0) is 30.5 Å². The summed E-state index contributed by atoms with van der Waals surface area (Å²) < 4.78 is 39.7. The summed E-state index contributed by atoms with van der Waals surface area (Å²) in [5.41, 5.74) is 5.20. The van der Waals surface area contributed by atoms with E-state index in [-0.39, 0.29) is 16.9 Å². The monoisotopic (exact) mass is 274 g/mol. The highest BCUT2D eigenvalue weighted by Gasteiger charge is 2.23. The second-order valence-electron chi connectivity index (χ2n) is 4.96. The molecule has 0 radical (unpaired) electrons. The van der Waals surface area contributed by atoms with Crippen molar-refractivity contribution in [2.45, 2.75) is 25.2 Å². The Hall–Kier alpha value is -0.980. The Morgan fingerprint density at radius 2 is 1.94 bits per heavy atom. The number of nitrogens with two attached hydrogens (primary N) is 1. The molecule has 0 fully saturated rings. The molecule has 0 aromatic heterocycles. The third-order valence-corrected chi connectivity index (χ3v) is 4.12. The fourth-order valence-electron chi connectivity index (χ4n) is 1.51. The van der Waals surface area contributed by atoms with Gasteiger partial charge in [0.25, 0.3) is 0 Å². The molecule has 18 heavy (non-hydrogen) atoms. The van der Waals surface area contributed by atoms with Gasteiger partial charge in [0.2, 0.25) is 10.0 Å². The fraction of sp³-hybridized carbons (Fsp3) is 0.500. The van der Waals surface area contributed by atoms with Crippen LogP contribution in [0.4, 0.5) is 4.39 Å². The molecule has 4 nitrogen and oxygen atoms in total. The van der Waals surface area contributed by atoms with Gasteiger partial charge in [0.1, 0.15) is 10.7 Å². The van der Waals surface area contributed by atoms with Gasteiger partial charge in [-0.15, -0.1) is 0 Å². The summed E-state index contributed by atoms with van der Waals surface area (Å²) in [6.07, 6.45) is 0.687. The number of benzene rings is 1. The number of hydrogen-bond acceptors (Lipinski definition) is 3. The van der Waals surface area contributed by atoms with Crippen molar-refractivity contribution in [1.29, 1.82) is 0 Å². The predicted molar refractivity (Wildman–Crippen MR) is 69.0 cm³/mol. The summed E-state index contributed by atoms with van der Waals surface area (Å²) >= 11 is 0. The molecule has 0 heterocycles. The first-order valence-electron chi connectivity index (χ1n) is 5.73. The second-order valence-corrected chi connectivity index (χ2v) is 6.69. The Morgan fingerprint density at radius 1 is 1.33 bits per heavy atom. The van der Waals surface area contributed by atoms with Crippen molar-refractivity contribution in [3.8, 4) is 0 Å². The molecule has 0 aliphatic rings. The van der Waals surface area contributed by atoms with E-state index in [1.165, 1.54) is 18.2 Å². The molecular formula is C12H19FN2O2S. The molecule has 0 aliphatic heterocycles. The minimum atomic E-state index is -3.81. The lowest BCUT2D eigenvalue weighted by atomic mass is 9.90. The summed E-state index contributed by atoms with van der Waals surface area (Å²) in [6, 6.07) is 5.31. The highest BCUT2D eigenvalue weighted by atomic mass is 32.2. The Morgan fingerprint density at radius 3 is 2.50 bits per heavy atom. The van der Waals surface area contributed by atoms with Crippen LogP contribution in [-0.2, 0) is 10.0 Å². The van der Waals surface area contributed by atoms with Crippen molar-refractivity contribution >= 4 is 10.0 Å². The van der Waals surface area contributed by atoms with E-state index in [1.54, 1.807) is 0 Å². The maximum absolute atomic E-state index is 13.4. The largest absolute Gasteiger partial charge is 0.330 e. The van der Waals surface area contributed by atoms with E-state index in [0.29, 0.717) is 13.0 Å². The first kappa shape index (κ1) is 15.1. The van der Waals surface area contributed by atoms with Crippen LogP contribution in [0.3, 0.4) is 0 Å². The molecule has 0 unspecified atom stereocenters. The zero-order valence-electron chi connectivity index (χ0n) is 10.6. The standard InChI is InChI=1S/C12H19FN2O2S/c1-12(2,7-8-14)9-15-18(16,17)11-6-4-3-5-10(11)13/h3-6,15H,7-9,14H2,1-2H3. The molecule has 0 atom stereocenters. The van der Waals surface area contributed by atoms with E-state index in [1.807, 2.05) is 13.8 Å². The van der Waals surface area contributed by atoms with Gasteiger partial charge in [-0.3, -0.25) is 0 Å². The van der Waals surface area contributed by atoms with Gasteiger partial charge >= 0.3 is 0 Å². The number of hydrogen-bond donors (Lipinski definition) is 2. The van der Waals surface area contributed by atoms with E-state index >= 15 is 0 Å². The van der Waals surface area contributed by atoms with Gasteiger partial charge < -0.3 is 5.73 Å². The summed E-state index contributed by atoms with van der Waals surface area (Å²) in [4.78, 5) is -0.325. The van der Waals surface area contributed by atoms with Crippen molar-refractivity contribution in [2.75, 3.05) is 13.1 Å². The number of nitrogens with one attached hydrogen (secondary N) is 1. The smallest absolute Gasteiger partial charge is 0.243 e. The second kappa shape index (κ2) is 5.77. The fourth-order valence-corrected chi connectivity index (χ4v) is 2.83.